The third-order valence-electron chi connectivity index (χ3n) is 6.82. The number of likely N-dealkylation sites (N-methyl/N-ethyl adjacent to an activating group) is 1. The van der Waals surface area contributed by atoms with Crippen LogP contribution in [0.2, 0.25) is 0 Å². The number of carbonyl (C=O) groups excluding carboxylic acids is 2. The highest BCUT2D eigenvalue weighted by Gasteiger charge is 2.37. The molecule has 2 amide bonds. The van der Waals surface area contributed by atoms with Gasteiger partial charge < -0.3 is 14.4 Å². The number of nitrogens with zero attached hydrogens (tertiary/aromatic N) is 4. The van der Waals surface area contributed by atoms with Crippen LogP contribution in [0.4, 0.5) is 5.69 Å². The highest BCUT2D eigenvalue weighted by Crippen LogP contribution is 2.30. The van der Waals surface area contributed by atoms with Crippen LogP contribution in [0.15, 0.2) is 66.5 Å². The second-order valence-electron chi connectivity index (χ2n) is 9.01. The molecule has 1 aromatic heterocycles. The van der Waals surface area contributed by atoms with Crippen LogP contribution in [0.3, 0.4) is 0 Å². The summed E-state index contributed by atoms with van der Waals surface area (Å²) in [4.78, 5) is 31.8. The zero-order chi connectivity index (χ0) is 23.8. The topological polar surface area (TPSA) is 48.8 Å². The van der Waals surface area contributed by atoms with E-state index in [1.165, 1.54) is 6.42 Å². The van der Waals surface area contributed by atoms with Crippen molar-refractivity contribution in [3.05, 3.63) is 72.1 Å². The highest BCUT2D eigenvalue weighted by atomic mass is 32.1. The number of likely N-dealkylation sites (tertiary alicyclic amines) is 1. The molecule has 174 valence electrons. The van der Waals surface area contributed by atoms with Gasteiger partial charge in [0.25, 0.3) is 5.91 Å². The molecule has 0 bridgehead atoms. The van der Waals surface area contributed by atoms with Crippen molar-refractivity contribution in [3.63, 3.8) is 0 Å². The van der Waals surface area contributed by atoms with Gasteiger partial charge in [-0.15, -0.1) is 0 Å². The minimum absolute atomic E-state index is 0.137. The van der Waals surface area contributed by atoms with Crippen LogP contribution >= 0.6 is 12.2 Å². The van der Waals surface area contributed by atoms with Crippen molar-refractivity contribution in [1.82, 2.24) is 14.4 Å². The number of aromatic nitrogens is 1. The maximum absolute atomic E-state index is 13.4. The molecule has 34 heavy (non-hydrogen) atoms. The maximum atomic E-state index is 13.4. The molecule has 0 unspecified atom stereocenters. The van der Waals surface area contributed by atoms with Crippen LogP contribution in [0.25, 0.3) is 17.0 Å². The highest BCUT2D eigenvalue weighted by molar-refractivity contribution is 7.80. The third-order valence-corrected chi connectivity index (χ3v) is 7.27. The van der Waals surface area contributed by atoms with Crippen LogP contribution in [0.5, 0.6) is 0 Å². The van der Waals surface area contributed by atoms with Gasteiger partial charge in [0.05, 0.1) is 5.69 Å². The van der Waals surface area contributed by atoms with Gasteiger partial charge in [0, 0.05) is 42.3 Å². The average molecular weight is 473 g/mol. The number of para-hydroxylation sites is 2. The minimum Gasteiger partial charge on any atom is -0.338 e. The summed E-state index contributed by atoms with van der Waals surface area (Å²) in [7, 11) is 1.81. The Balaban J connectivity index is 1.49. The van der Waals surface area contributed by atoms with Crippen LogP contribution in [0, 0.1) is 0 Å². The molecule has 2 aliphatic rings. The van der Waals surface area contributed by atoms with Crippen molar-refractivity contribution in [1.29, 1.82) is 0 Å². The molecule has 2 aliphatic heterocycles. The van der Waals surface area contributed by atoms with Gasteiger partial charge in [-0.05, 0) is 62.7 Å². The summed E-state index contributed by atoms with van der Waals surface area (Å²) in [6.45, 7) is 3.23. The first-order chi connectivity index (χ1) is 16.5. The van der Waals surface area contributed by atoms with Crippen molar-refractivity contribution in [2.75, 3.05) is 18.5 Å². The summed E-state index contributed by atoms with van der Waals surface area (Å²) < 4.78 is 2.00. The zero-order valence-electron chi connectivity index (χ0n) is 19.5. The molecule has 3 heterocycles. The van der Waals surface area contributed by atoms with Gasteiger partial charge in [0.15, 0.2) is 5.11 Å². The number of thiocarbonyl (C=S) groups is 1. The van der Waals surface area contributed by atoms with Crippen molar-refractivity contribution in [3.8, 4) is 0 Å². The van der Waals surface area contributed by atoms with E-state index in [-0.39, 0.29) is 24.4 Å². The molecule has 2 saturated heterocycles. The summed E-state index contributed by atoms with van der Waals surface area (Å²) in [6.07, 6.45) is 7.15. The van der Waals surface area contributed by atoms with E-state index in [1.54, 1.807) is 9.80 Å². The fourth-order valence-corrected chi connectivity index (χ4v) is 5.22. The molecule has 2 fully saturated rings. The zero-order valence-corrected chi connectivity index (χ0v) is 20.3. The average Bonchev–Trinajstić information content (AvgIpc) is 3.29. The van der Waals surface area contributed by atoms with Gasteiger partial charge in [0.1, 0.15) is 12.2 Å². The third kappa shape index (κ3) is 3.90. The number of anilines is 1. The monoisotopic (exact) mass is 472 g/mol. The lowest BCUT2D eigenvalue weighted by Gasteiger charge is -2.33. The Labute approximate surface area is 205 Å². The first-order valence-electron chi connectivity index (χ1n) is 11.7. The first kappa shape index (κ1) is 22.3. The predicted molar refractivity (Wildman–Crippen MR) is 139 cm³/mol. The Kier molecular flexibility index (Phi) is 5.96. The number of piperidine rings is 1. The molecule has 0 radical (unpaired) electrons. The molecular formula is C27H28N4O2S. The number of hydrogen-bond donors (Lipinski definition) is 0. The van der Waals surface area contributed by atoms with E-state index in [9.17, 15) is 9.59 Å². The van der Waals surface area contributed by atoms with Crippen molar-refractivity contribution < 1.29 is 9.59 Å². The quantitative estimate of drug-likeness (QED) is 0.410. The largest absolute Gasteiger partial charge is 0.338 e. The van der Waals surface area contributed by atoms with E-state index in [0.29, 0.717) is 10.8 Å². The van der Waals surface area contributed by atoms with Crippen molar-refractivity contribution in [2.45, 2.75) is 38.8 Å². The van der Waals surface area contributed by atoms with Gasteiger partial charge in [-0.2, -0.15) is 0 Å². The van der Waals surface area contributed by atoms with Crippen LogP contribution < -0.4 is 4.90 Å². The molecule has 0 spiro atoms. The van der Waals surface area contributed by atoms with E-state index in [2.05, 4.69) is 6.92 Å². The Morgan fingerprint density at radius 1 is 1.09 bits per heavy atom. The number of benzene rings is 2. The Hall–Kier alpha value is -3.45. The van der Waals surface area contributed by atoms with Crippen LogP contribution in [-0.4, -0.2) is 50.9 Å². The summed E-state index contributed by atoms with van der Waals surface area (Å²) in [5.74, 6) is -0.0219. The summed E-state index contributed by atoms with van der Waals surface area (Å²) in [5.41, 5.74) is 3.12. The second kappa shape index (κ2) is 9.06. The van der Waals surface area contributed by atoms with E-state index >= 15 is 0 Å². The minimum atomic E-state index is -0.159. The van der Waals surface area contributed by atoms with Gasteiger partial charge in [-0.25, -0.2) is 0 Å². The van der Waals surface area contributed by atoms with E-state index < -0.39 is 0 Å². The predicted octanol–water partition coefficient (Wildman–Crippen LogP) is 4.65. The van der Waals surface area contributed by atoms with Gasteiger partial charge >= 0.3 is 0 Å². The number of rotatable bonds is 4. The molecule has 6 nitrogen and oxygen atoms in total. The lowest BCUT2D eigenvalue weighted by molar-refractivity contribution is -0.135. The number of hydrogen-bond acceptors (Lipinski definition) is 3. The fourth-order valence-electron chi connectivity index (χ4n) is 4.93. The van der Waals surface area contributed by atoms with E-state index in [0.717, 1.165) is 41.5 Å². The molecule has 2 aromatic carbocycles. The second-order valence-corrected chi connectivity index (χ2v) is 9.37. The van der Waals surface area contributed by atoms with Crippen LogP contribution in [0.1, 0.15) is 31.7 Å². The smallest absolute Gasteiger partial charge is 0.281 e. The Bertz CT molecular complexity index is 1300. The lowest BCUT2D eigenvalue weighted by atomic mass is 10.0. The molecule has 0 N–H and O–H groups in total. The summed E-state index contributed by atoms with van der Waals surface area (Å²) in [5, 5.41) is 1.44. The maximum Gasteiger partial charge on any atom is 0.281 e. The Morgan fingerprint density at radius 3 is 2.59 bits per heavy atom. The molecule has 0 aliphatic carbocycles. The number of carbonyl (C=O) groups is 2. The molecule has 7 heteroatoms. The summed E-state index contributed by atoms with van der Waals surface area (Å²) >= 11 is 5.59. The van der Waals surface area contributed by atoms with Crippen molar-refractivity contribution >= 4 is 51.8 Å². The van der Waals surface area contributed by atoms with E-state index in [1.807, 2.05) is 83.4 Å². The Morgan fingerprint density at radius 2 is 1.82 bits per heavy atom. The molecule has 3 aromatic rings. The number of amides is 2. The van der Waals surface area contributed by atoms with Crippen molar-refractivity contribution in [2.24, 2.45) is 0 Å². The molecule has 5 rings (SSSR count). The number of fused-ring (bicyclic) bond motifs is 1. The SMILES string of the molecule is C[C@H]1CCCCN1C(=O)Cn1cc(/C=C2\C(=O)N(c3ccccc3)C(=S)N2C)c2ccccc21. The van der Waals surface area contributed by atoms with E-state index in [4.69, 9.17) is 12.2 Å². The molecule has 0 saturated carbocycles. The van der Waals surface area contributed by atoms with Gasteiger partial charge in [-0.1, -0.05) is 36.4 Å². The van der Waals surface area contributed by atoms with Gasteiger partial charge in [-0.3, -0.25) is 14.5 Å². The first-order valence-corrected chi connectivity index (χ1v) is 12.1. The lowest BCUT2D eigenvalue weighted by Crippen LogP contribution is -2.43. The summed E-state index contributed by atoms with van der Waals surface area (Å²) in [6, 6.07) is 17.7. The normalized spacial score (nSPS) is 20.1. The molecule has 1 atom stereocenters. The molecular weight excluding hydrogens is 444 g/mol. The standard InChI is InChI=1S/C27H28N4O2S/c1-19-10-8-9-15-30(19)25(32)18-29-17-20(22-13-6-7-14-23(22)29)16-24-26(33)31(27(34)28(24)2)21-11-4-3-5-12-21/h3-7,11-14,16-17,19H,8-10,15,18H2,1-2H3/b24-16+/t19-/m0/s1. The van der Waals surface area contributed by atoms with Crippen LogP contribution in [-0.2, 0) is 16.1 Å². The fraction of sp³-hybridized carbons (Fsp3) is 0.296. The van der Waals surface area contributed by atoms with Gasteiger partial charge in [0.2, 0.25) is 5.91 Å².